The monoisotopic (exact) mass is 388 g/mol. The Morgan fingerprint density at radius 3 is 2.65 bits per heavy atom. The number of carbonyl (C=O) groups is 2. The molecule has 26 heavy (non-hydrogen) atoms. The highest BCUT2D eigenvalue weighted by molar-refractivity contribution is 6.42. The quantitative estimate of drug-likeness (QED) is 0.605. The molecule has 0 bridgehead atoms. The van der Waals surface area contributed by atoms with Crippen molar-refractivity contribution in [1.82, 2.24) is 0 Å². The highest BCUT2D eigenvalue weighted by Gasteiger charge is 2.16. The third-order valence-corrected chi connectivity index (χ3v) is 4.02. The molecule has 132 valence electrons. The lowest BCUT2D eigenvalue weighted by Gasteiger charge is -2.12. The molecule has 2 aromatic carbocycles. The molecule has 0 heterocycles. The van der Waals surface area contributed by atoms with Gasteiger partial charge in [-0.15, -0.1) is 0 Å². The fourth-order valence-electron chi connectivity index (χ4n) is 1.96. The Labute approximate surface area is 160 Å². The van der Waals surface area contributed by atoms with Gasteiger partial charge in [-0.05, 0) is 48.9 Å². The fraction of sp³-hybridized carbons (Fsp3) is 0.105. The van der Waals surface area contributed by atoms with Gasteiger partial charge in [0.25, 0.3) is 5.91 Å². The van der Waals surface area contributed by atoms with Gasteiger partial charge in [0.15, 0.2) is 6.10 Å². The van der Waals surface area contributed by atoms with Crippen LogP contribution in [-0.2, 0) is 14.3 Å². The minimum atomic E-state index is -1.01. The van der Waals surface area contributed by atoms with E-state index in [0.29, 0.717) is 26.9 Å². The molecule has 1 amide bonds. The van der Waals surface area contributed by atoms with Gasteiger partial charge in [-0.25, -0.2) is 4.79 Å². The summed E-state index contributed by atoms with van der Waals surface area (Å²) in [6.07, 6.45) is 1.69. The summed E-state index contributed by atoms with van der Waals surface area (Å²) in [6, 6.07) is 13.3. The molecule has 1 N–H and O–H groups in total. The number of rotatable bonds is 5. The first kappa shape index (κ1) is 19.5. The Kier molecular flexibility index (Phi) is 6.79. The van der Waals surface area contributed by atoms with Gasteiger partial charge < -0.3 is 10.1 Å². The number of anilines is 1. The van der Waals surface area contributed by atoms with E-state index < -0.39 is 18.0 Å². The number of halogens is 2. The van der Waals surface area contributed by atoms with Crippen molar-refractivity contribution in [2.24, 2.45) is 0 Å². The first-order chi connectivity index (χ1) is 12.4. The van der Waals surface area contributed by atoms with Gasteiger partial charge in [-0.3, -0.25) is 4.79 Å². The van der Waals surface area contributed by atoms with Crippen LogP contribution in [0.2, 0.25) is 10.0 Å². The van der Waals surface area contributed by atoms with Crippen molar-refractivity contribution < 1.29 is 14.3 Å². The van der Waals surface area contributed by atoms with Gasteiger partial charge in [-0.2, -0.15) is 5.26 Å². The number of nitrogens with zero attached hydrogens (tertiary/aromatic N) is 1. The van der Waals surface area contributed by atoms with E-state index in [1.54, 1.807) is 36.4 Å². The number of nitrogens with one attached hydrogen (secondary N) is 1. The molecule has 0 aliphatic heterocycles. The number of esters is 1. The minimum Gasteiger partial charge on any atom is -0.449 e. The third-order valence-electron chi connectivity index (χ3n) is 3.28. The summed E-state index contributed by atoms with van der Waals surface area (Å²) < 4.78 is 5.05. The van der Waals surface area contributed by atoms with Crippen molar-refractivity contribution in [2.45, 2.75) is 13.0 Å². The summed E-state index contributed by atoms with van der Waals surface area (Å²) in [5.74, 6) is -1.18. The topological polar surface area (TPSA) is 79.2 Å². The van der Waals surface area contributed by atoms with Gasteiger partial charge in [0.1, 0.15) is 0 Å². The second kappa shape index (κ2) is 9.04. The predicted molar refractivity (Wildman–Crippen MR) is 101 cm³/mol. The Morgan fingerprint density at radius 2 is 1.96 bits per heavy atom. The average molecular weight is 389 g/mol. The molecule has 1 atom stereocenters. The van der Waals surface area contributed by atoms with Crippen LogP contribution in [0.1, 0.15) is 18.1 Å². The smallest absolute Gasteiger partial charge is 0.331 e. The van der Waals surface area contributed by atoms with Crippen molar-refractivity contribution >= 4 is 46.8 Å². The van der Waals surface area contributed by atoms with E-state index in [-0.39, 0.29) is 0 Å². The molecule has 0 fully saturated rings. The molecule has 7 heteroatoms. The lowest BCUT2D eigenvalue weighted by atomic mass is 10.2. The highest BCUT2D eigenvalue weighted by atomic mass is 35.5. The van der Waals surface area contributed by atoms with Gasteiger partial charge in [0.05, 0.1) is 21.7 Å². The minimum absolute atomic E-state index is 0.370. The lowest BCUT2D eigenvalue weighted by molar-refractivity contribution is -0.148. The molecule has 0 radical (unpaired) electrons. The number of amides is 1. The van der Waals surface area contributed by atoms with E-state index in [2.05, 4.69) is 5.32 Å². The van der Waals surface area contributed by atoms with Crippen LogP contribution < -0.4 is 5.32 Å². The zero-order chi connectivity index (χ0) is 19.1. The van der Waals surface area contributed by atoms with Crippen LogP contribution in [-0.4, -0.2) is 18.0 Å². The van der Waals surface area contributed by atoms with E-state index in [9.17, 15) is 9.59 Å². The second-order valence-electron chi connectivity index (χ2n) is 5.27. The largest absolute Gasteiger partial charge is 0.449 e. The van der Waals surface area contributed by atoms with Gasteiger partial charge >= 0.3 is 5.97 Å². The number of hydrogen-bond donors (Lipinski definition) is 1. The molecule has 0 aliphatic carbocycles. The van der Waals surface area contributed by atoms with Crippen LogP contribution >= 0.6 is 23.2 Å². The van der Waals surface area contributed by atoms with Crippen molar-refractivity contribution in [3.63, 3.8) is 0 Å². The highest BCUT2D eigenvalue weighted by Crippen LogP contribution is 2.23. The average Bonchev–Trinajstić information content (AvgIpc) is 2.62. The first-order valence-electron chi connectivity index (χ1n) is 7.54. The maximum absolute atomic E-state index is 12.1. The molecular weight excluding hydrogens is 375 g/mol. The van der Waals surface area contributed by atoms with Gasteiger partial charge in [0.2, 0.25) is 0 Å². The second-order valence-corrected chi connectivity index (χ2v) is 6.08. The van der Waals surface area contributed by atoms with Gasteiger partial charge in [0, 0.05) is 11.8 Å². The number of ether oxygens (including phenoxy) is 1. The van der Waals surface area contributed by atoms with E-state index in [4.69, 9.17) is 33.2 Å². The SMILES string of the molecule is C[C@H](OC(=O)/C=C/c1ccc(Cl)c(Cl)c1)C(=O)Nc1cccc(C#N)c1. The Hall–Kier alpha value is -2.81. The number of carbonyl (C=O) groups excluding carboxylic acids is 2. The standard InChI is InChI=1S/C19H14Cl2N2O3/c1-12(19(25)23-15-4-2-3-14(9-15)11-22)26-18(24)8-6-13-5-7-16(20)17(21)10-13/h2-10,12H,1H3,(H,23,25)/b8-6+/t12-/m0/s1. The maximum Gasteiger partial charge on any atom is 0.331 e. The molecule has 0 aromatic heterocycles. The molecule has 2 rings (SSSR count). The Morgan fingerprint density at radius 1 is 1.19 bits per heavy atom. The summed E-state index contributed by atoms with van der Waals surface area (Å²) >= 11 is 11.7. The fourth-order valence-corrected chi connectivity index (χ4v) is 2.26. The van der Waals surface area contributed by atoms with Crippen LogP contribution in [0.15, 0.2) is 48.5 Å². The van der Waals surface area contributed by atoms with E-state index in [0.717, 1.165) is 0 Å². The number of benzene rings is 2. The summed E-state index contributed by atoms with van der Waals surface area (Å²) in [6.45, 7) is 1.45. The third kappa shape index (κ3) is 5.62. The van der Waals surface area contributed by atoms with Crippen LogP contribution in [0.3, 0.4) is 0 Å². The van der Waals surface area contributed by atoms with E-state index in [1.807, 2.05) is 6.07 Å². The summed E-state index contributed by atoms with van der Waals surface area (Å²) in [5.41, 5.74) is 1.53. The molecule has 0 unspecified atom stereocenters. The van der Waals surface area contributed by atoms with Crippen LogP contribution in [0.5, 0.6) is 0 Å². The van der Waals surface area contributed by atoms with E-state index in [1.165, 1.54) is 25.1 Å². The molecule has 5 nitrogen and oxygen atoms in total. The zero-order valence-corrected chi connectivity index (χ0v) is 15.2. The van der Waals surface area contributed by atoms with Gasteiger partial charge in [-0.1, -0.05) is 35.3 Å². The maximum atomic E-state index is 12.1. The van der Waals surface area contributed by atoms with Crippen molar-refractivity contribution in [3.05, 3.63) is 69.7 Å². The summed E-state index contributed by atoms with van der Waals surface area (Å²) in [5, 5.41) is 12.2. The van der Waals surface area contributed by atoms with Crippen molar-refractivity contribution in [1.29, 1.82) is 5.26 Å². The van der Waals surface area contributed by atoms with Crippen LogP contribution in [0.25, 0.3) is 6.08 Å². The Balaban J connectivity index is 1.93. The molecule has 0 saturated heterocycles. The molecule has 0 spiro atoms. The summed E-state index contributed by atoms with van der Waals surface area (Å²) in [7, 11) is 0. The molecule has 2 aromatic rings. The van der Waals surface area contributed by atoms with Crippen molar-refractivity contribution in [3.8, 4) is 6.07 Å². The van der Waals surface area contributed by atoms with Crippen molar-refractivity contribution in [2.75, 3.05) is 5.32 Å². The van der Waals surface area contributed by atoms with Crippen LogP contribution in [0.4, 0.5) is 5.69 Å². The normalized spacial score (nSPS) is 11.6. The summed E-state index contributed by atoms with van der Waals surface area (Å²) in [4.78, 5) is 23.9. The number of nitriles is 1. The first-order valence-corrected chi connectivity index (χ1v) is 8.29. The predicted octanol–water partition coefficient (Wildman–Crippen LogP) is 4.45. The lowest BCUT2D eigenvalue weighted by Crippen LogP contribution is -2.29. The number of hydrogen-bond acceptors (Lipinski definition) is 4. The molecular formula is C19H14Cl2N2O3. The molecule has 0 aliphatic rings. The van der Waals surface area contributed by atoms with Crippen LogP contribution in [0, 0.1) is 11.3 Å². The van der Waals surface area contributed by atoms with E-state index >= 15 is 0 Å². The molecule has 0 saturated carbocycles. The zero-order valence-electron chi connectivity index (χ0n) is 13.7. The Bertz CT molecular complexity index is 904.